The third kappa shape index (κ3) is 10.9. The maximum Gasteiger partial charge on any atom is 0.293 e. The fraction of sp³-hybridized carbons (Fsp3) is 0.422. The molecule has 2 fully saturated rings. The number of amides is 1. The molecule has 0 atom stereocenters. The molecule has 1 amide bonds. The third-order valence-corrected chi connectivity index (χ3v) is 12.6. The Kier molecular flexibility index (Phi) is 13.7. The van der Waals surface area contributed by atoms with Gasteiger partial charge in [-0.25, -0.2) is 4.98 Å². The van der Waals surface area contributed by atoms with Gasteiger partial charge in [-0.2, -0.15) is 0 Å². The van der Waals surface area contributed by atoms with Gasteiger partial charge in [0.2, 0.25) is 0 Å². The highest BCUT2D eigenvalue weighted by Crippen LogP contribution is 2.43. The van der Waals surface area contributed by atoms with Crippen LogP contribution in [0.3, 0.4) is 0 Å². The molecule has 1 aromatic heterocycles. The molecule has 3 aliphatic rings. The summed E-state index contributed by atoms with van der Waals surface area (Å²) in [7, 11) is 1.82. The van der Waals surface area contributed by atoms with Crippen molar-refractivity contribution in [3.05, 3.63) is 110 Å². The van der Waals surface area contributed by atoms with Crippen LogP contribution in [0.25, 0.3) is 5.57 Å². The van der Waals surface area contributed by atoms with Gasteiger partial charge < -0.3 is 25.0 Å². The largest absolute Gasteiger partial charge is 0.455 e. The van der Waals surface area contributed by atoms with Crippen LogP contribution in [0.15, 0.2) is 83.4 Å². The smallest absolute Gasteiger partial charge is 0.293 e. The summed E-state index contributed by atoms with van der Waals surface area (Å²) in [6, 6.07) is 20.8. The monoisotopic (exact) mass is 839 g/mol. The second-order valence-electron chi connectivity index (χ2n) is 16.5. The maximum atomic E-state index is 13.8. The van der Waals surface area contributed by atoms with E-state index in [-0.39, 0.29) is 17.0 Å². The molecule has 4 aromatic rings. The first-order valence-corrected chi connectivity index (χ1v) is 21.6. The van der Waals surface area contributed by atoms with Crippen LogP contribution < -0.4 is 25.0 Å². The number of rotatable bonds is 14. The molecular weight excluding hydrogens is 786 g/mol. The fourth-order valence-corrected chi connectivity index (χ4v) is 8.86. The molecule has 3 N–H and O–H groups in total. The van der Waals surface area contributed by atoms with E-state index in [4.69, 9.17) is 21.1 Å². The van der Waals surface area contributed by atoms with Crippen molar-refractivity contribution in [2.75, 3.05) is 75.1 Å². The predicted molar refractivity (Wildman–Crippen MR) is 238 cm³/mol. The minimum Gasteiger partial charge on any atom is -0.455 e. The van der Waals surface area contributed by atoms with Crippen molar-refractivity contribution in [1.29, 1.82) is 0 Å². The summed E-state index contributed by atoms with van der Waals surface area (Å²) in [5.41, 5.74) is 7.11. The van der Waals surface area contributed by atoms with Crippen LogP contribution in [0.1, 0.15) is 67.4 Å². The number of benzene rings is 3. The molecule has 312 valence electrons. The number of aromatic nitrogens is 1. The molecule has 14 heteroatoms. The summed E-state index contributed by atoms with van der Waals surface area (Å²) >= 11 is 7.28. The summed E-state index contributed by atoms with van der Waals surface area (Å²) in [6.07, 6.45) is 6.80. The molecule has 2 aliphatic heterocycles. The number of halogens is 1. The number of pyridine rings is 1. The van der Waals surface area contributed by atoms with Crippen molar-refractivity contribution in [2.24, 2.45) is 11.3 Å². The standard InChI is InChI=1S/C45H54ClN7O5S/c1-30-23-36(28-49-43(30)47-4)58-42-24-35(52-19-17-51(18-20-52)29-33-13-16-45(2,3)26-39(33)32-5-7-34(46)8-6-32)9-11-38(42)44(54)50-59-37-10-12-40(41(25-37)53(55)56)48-27-31-14-21-57-22-15-31/h5-12,23-25,28,31,48H,13-22,26-27,29H2,1-4H3,(H,47,49)(H,50,54). The second-order valence-corrected chi connectivity index (χ2v) is 17.8. The highest BCUT2D eigenvalue weighted by Gasteiger charge is 2.30. The molecule has 12 nitrogen and oxygen atoms in total. The highest BCUT2D eigenvalue weighted by atomic mass is 35.5. The van der Waals surface area contributed by atoms with E-state index in [9.17, 15) is 14.9 Å². The van der Waals surface area contributed by atoms with Crippen molar-refractivity contribution < 1.29 is 19.2 Å². The van der Waals surface area contributed by atoms with Gasteiger partial charge >= 0.3 is 0 Å². The fourth-order valence-electron chi connectivity index (χ4n) is 8.11. The Morgan fingerprint density at radius 1 is 1.05 bits per heavy atom. The molecule has 3 heterocycles. The zero-order chi connectivity index (χ0) is 41.5. The molecule has 2 saturated heterocycles. The SMILES string of the molecule is CNc1ncc(Oc2cc(N3CCN(CC4=C(c5ccc(Cl)cc5)CC(C)(C)CC4)CC3)ccc2C(=O)NSc2ccc(NCC3CCOCC3)c([N+](=O)[O-])c2)cc1C. The molecule has 0 spiro atoms. The Labute approximate surface area is 356 Å². The zero-order valence-electron chi connectivity index (χ0n) is 34.3. The van der Waals surface area contributed by atoms with E-state index in [2.05, 4.69) is 56.1 Å². The minimum absolute atomic E-state index is 0.0425. The van der Waals surface area contributed by atoms with E-state index < -0.39 is 4.92 Å². The lowest BCUT2D eigenvalue weighted by Crippen LogP contribution is -2.47. The average molecular weight is 840 g/mol. The molecular formula is C45H54ClN7O5S. The van der Waals surface area contributed by atoms with Crippen molar-refractivity contribution in [2.45, 2.75) is 57.8 Å². The Balaban J connectivity index is 1.05. The first-order valence-electron chi connectivity index (χ1n) is 20.4. The van der Waals surface area contributed by atoms with Gasteiger partial charge in [-0.1, -0.05) is 43.2 Å². The Morgan fingerprint density at radius 2 is 1.81 bits per heavy atom. The molecule has 1 aliphatic carbocycles. The molecule has 3 aromatic carbocycles. The predicted octanol–water partition coefficient (Wildman–Crippen LogP) is 9.85. The molecule has 0 saturated carbocycles. The van der Waals surface area contributed by atoms with Crippen LogP contribution in [0.2, 0.25) is 5.02 Å². The number of allylic oxidation sites excluding steroid dienone is 1. The van der Waals surface area contributed by atoms with Crippen LogP contribution in [0.5, 0.6) is 11.5 Å². The second kappa shape index (κ2) is 19.1. The number of carbonyl (C=O) groups excluding carboxylic acids is 1. The molecule has 0 bridgehead atoms. The van der Waals surface area contributed by atoms with E-state index in [0.29, 0.717) is 53.3 Å². The number of nitro benzene ring substituents is 1. The molecule has 7 rings (SSSR count). The Hall–Kier alpha value is -4.82. The lowest BCUT2D eigenvalue weighted by Gasteiger charge is -2.39. The zero-order valence-corrected chi connectivity index (χ0v) is 35.9. The van der Waals surface area contributed by atoms with Crippen molar-refractivity contribution >= 4 is 57.9 Å². The van der Waals surface area contributed by atoms with Gasteiger partial charge in [0.15, 0.2) is 0 Å². The first-order chi connectivity index (χ1) is 28.4. The van der Waals surface area contributed by atoms with E-state index in [0.717, 1.165) is 92.4 Å². The van der Waals surface area contributed by atoms with Gasteiger partial charge in [0.25, 0.3) is 11.6 Å². The lowest BCUT2D eigenvalue weighted by molar-refractivity contribution is -0.384. The minimum atomic E-state index is -0.398. The number of hydrogen-bond acceptors (Lipinski definition) is 11. The summed E-state index contributed by atoms with van der Waals surface area (Å²) in [4.78, 5) is 35.4. The molecule has 0 unspecified atom stereocenters. The normalized spacial score (nSPS) is 17.4. The quantitative estimate of drug-likeness (QED) is 0.0637. The maximum absolute atomic E-state index is 13.8. The van der Waals surface area contributed by atoms with E-state index in [1.807, 2.05) is 44.3 Å². The summed E-state index contributed by atoms with van der Waals surface area (Å²) in [6.45, 7) is 13.1. The number of hydrogen-bond donors (Lipinski definition) is 3. The van der Waals surface area contributed by atoms with Gasteiger partial charge in [0, 0.05) is 87.3 Å². The number of carbonyl (C=O) groups is 1. The number of anilines is 3. The Morgan fingerprint density at radius 3 is 2.53 bits per heavy atom. The van der Waals surface area contributed by atoms with Gasteiger partial charge in [0.1, 0.15) is 23.0 Å². The summed E-state index contributed by atoms with van der Waals surface area (Å²) in [5.74, 6) is 1.65. The number of piperazine rings is 1. The van der Waals surface area contributed by atoms with Crippen LogP contribution in [0.4, 0.5) is 22.9 Å². The Bertz CT molecular complexity index is 2170. The average Bonchev–Trinajstić information content (AvgIpc) is 3.23. The van der Waals surface area contributed by atoms with Crippen molar-refractivity contribution in [1.82, 2.24) is 14.6 Å². The van der Waals surface area contributed by atoms with Gasteiger partial charge in [0.05, 0.1) is 16.7 Å². The number of nitrogens with zero attached hydrogens (tertiary/aromatic N) is 4. The van der Waals surface area contributed by atoms with Gasteiger partial charge in [-0.3, -0.25) is 24.5 Å². The van der Waals surface area contributed by atoms with E-state index >= 15 is 0 Å². The van der Waals surface area contributed by atoms with Crippen LogP contribution >= 0.6 is 23.5 Å². The van der Waals surface area contributed by atoms with Crippen molar-refractivity contribution in [3.8, 4) is 11.5 Å². The third-order valence-electron chi connectivity index (χ3n) is 11.6. The summed E-state index contributed by atoms with van der Waals surface area (Å²) < 4.78 is 14.8. The van der Waals surface area contributed by atoms with Gasteiger partial charge in [-0.05, 0) is 121 Å². The van der Waals surface area contributed by atoms with Crippen LogP contribution in [-0.4, -0.2) is 80.2 Å². The van der Waals surface area contributed by atoms with Gasteiger partial charge in [-0.15, -0.1) is 0 Å². The number of aryl methyl sites for hydroxylation is 1. The van der Waals surface area contributed by atoms with Crippen LogP contribution in [-0.2, 0) is 4.74 Å². The molecule has 0 radical (unpaired) electrons. The van der Waals surface area contributed by atoms with E-state index in [1.165, 1.54) is 29.2 Å². The lowest BCUT2D eigenvalue weighted by atomic mass is 9.72. The highest BCUT2D eigenvalue weighted by molar-refractivity contribution is 7.98. The van der Waals surface area contributed by atoms with Crippen LogP contribution in [0, 0.1) is 28.4 Å². The van der Waals surface area contributed by atoms with E-state index in [1.54, 1.807) is 24.4 Å². The number of ether oxygens (including phenoxy) is 2. The van der Waals surface area contributed by atoms with Crippen molar-refractivity contribution in [3.63, 3.8) is 0 Å². The first kappa shape index (κ1) is 42.3. The number of nitrogens with one attached hydrogen (secondary N) is 3. The number of nitro groups is 1. The summed E-state index contributed by atoms with van der Waals surface area (Å²) in [5, 5.41) is 19.1. The topological polar surface area (TPSA) is 134 Å². The molecule has 59 heavy (non-hydrogen) atoms.